The standard InChI is InChI=1S/C19H28N4O2/c1-16(24)23-10-8-21(9-11-23)13-17-4-3-7-22(14-17)15-18-12-19(25-2)5-6-20-18/h4-6,12H,3,7-11,13-15H2,1-2H3. The van der Waals surface area contributed by atoms with E-state index < -0.39 is 0 Å². The Morgan fingerprint density at radius 3 is 2.68 bits per heavy atom. The van der Waals surface area contributed by atoms with Gasteiger partial charge in [0.1, 0.15) is 5.75 Å². The number of amides is 1. The van der Waals surface area contributed by atoms with Gasteiger partial charge in [-0.15, -0.1) is 0 Å². The van der Waals surface area contributed by atoms with Crippen LogP contribution in [0.3, 0.4) is 0 Å². The average molecular weight is 344 g/mol. The van der Waals surface area contributed by atoms with Crippen LogP contribution in [0.15, 0.2) is 30.0 Å². The van der Waals surface area contributed by atoms with E-state index in [1.165, 1.54) is 5.57 Å². The SMILES string of the molecule is COc1ccnc(CN2CCC=C(CN3CCN(C(C)=O)CC3)C2)c1. The van der Waals surface area contributed by atoms with Gasteiger partial charge in [-0.05, 0) is 18.1 Å². The topological polar surface area (TPSA) is 48.9 Å². The first-order chi connectivity index (χ1) is 12.1. The Bertz CT molecular complexity index is 624. The molecule has 0 saturated carbocycles. The number of rotatable bonds is 5. The number of hydrogen-bond donors (Lipinski definition) is 0. The monoisotopic (exact) mass is 344 g/mol. The van der Waals surface area contributed by atoms with Gasteiger partial charge in [-0.1, -0.05) is 6.08 Å². The number of carbonyl (C=O) groups excluding carboxylic acids is 1. The maximum absolute atomic E-state index is 11.4. The maximum Gasteiger partial charge on any atom is 0.219 e. The zero-order valence-electron chi connectivity index (χ0n) is 15.3. The summed E-state index contributed by atoms with van der Waals surface area (Å²) in [5.74, 6) is 1.05. The number of aromatic nitrogens is 1. The van der Waals surface area contributed by atoms with Gasteiger partial charge in [-0.2, -0.15) is 0 Å². The Morgan fingerprint density at radius 2 is 1.96 bits per heavy atom. The molecule has 0 bridgehead atoms. The van der Waals surface area contributed by atoms with Gasteiger partial charge in [0.2, 0.25) is 5.91 Å². The Balaban J connectivity index is 1.49. The predicted octanol–water partition coefficient (Wildman–Crippen LogP) is 1.39. The minimum Gasteiger partial charge on any atom is -0.497 e. The first-order valence-electron chi connectivity index (χ1n) is 9.01. The molecule has 1 fully saturated rings. The van der Waals surface area contributed by atoms with Crippen molar-refractivity contribution < 1.29 is 9.53 Å². The molecule has 136 valence electrons. The predicted molar refractivity (Wildman–Crippen MR) is 97.5 cm³/mol. The molecule has 1 aromatic heterocycles. The van der Waals surface area contributed by atoms with E-state index >= 15 is 0 Å². The second-order valence-electron chi connectivity index (χ2n) is 6.83. The van der Waals surface area contributed by atoms with Gasteiger partial charge in [-0.25, -0.2) is 0 Å². The van der Waals surface area contributed by atoms with Crippen LogP contribution in [-0.4, -0.2) is 78.5 Å². The second kappa shape index (κ2) is 8.45. The highest BCUT2D eigenvalue weighted by molar-refractivity contribution is 5.73. The van der Waals surface area contributed by atoms with Crippen LogP contribution in [0.4, 0.5) is 0 Å². The summed E-state index contributed by atoms with van der Waals surface area (Å²) in [7, 11) is 1.69. The molecule has 0 atom stereocenters. The molecular formula is C19H28N4O2. The van der Waals surface area contributed by atoms with E-state index in [2.05, 4.69) is 20.9 Å². The highest BCUT2D eigenvalue weighted by atomic mass is 16.5. The molecule has 3 rings (SSSR count). The molecule has 0 radical (unpaired) electrons. The summed E-state index contributed by atoms with van der Waals surface area (Å²) < 4.78 is 5.29. The van der Waals surface area contributed by atoms with E-state index in [-0.39, 0.29) is 5.91 Å². The third kappa shape index (κ3) is 5.03. The molecule has 3 heterocycles. The van der Waals surface area contributed by atoms with Crippen LogP contribution in [-0.2, 0) is 11.3 Å². The van der Waals surface area contributed by atoms with Gasteiger partial charge in [0.15, 0.2) is 0 Å². The fourth-order valence-electron chi connectivity index (χ4n) is 3.54. The molecule has 0 aliphatic carbocycles. The van der Waals surface area contributed by atoms with Crippen molar-refractivity contribution in [1.29, 1.82) is 0 Å². The third-order valence-electron chi connectivity index (χ3n) is 4.96. The van der Waals surface area contributed by atoms with Crippen molar-refractivity contribution in [3.8, 4) is 5.75 Å². The van der Waals surface area contributed by atoms with Gasteiger partial charge in [-0.3, -0.25) is 19.6 Å². The normalized spacial score (nSPS) is 19.6. The first kappa shape index (κ1) is 17.9. The molecule has 0 spiro atoms. The molecule has 0 aromatic carbocycles. The number of ether oxygens (including phenoxy) is 1. The van der Waals surface area contributed by atoms with Crippen molar-refractivity contribution in [2.75, 3.05) is 52.9 Å². The van der Waals surface area contributed by atoms with Gasteiger partial charge in [0, 0.05) is 71.5 Å². The lowest BCUT2D eigenvalue weighted by Gasteiger charge is -2.36. The lowest BCUT2D eigenvalue weighted by Crippen LogP contribution is -2.49. The lowest BCUT2D eigenvalue weighted by atomic mass is 10.1. The van der Waals surface area contributed by atoms with Crippen LogP contribution >= 0.6 is 0 Å². The molecule has 0 N–H and O–H groups in total. The second-order valence-corrected chi connectivity index (χ2v) is 6.83. The zero-order valence-corrected chi connectivity index (χ0v) is 15.3. The Labute approximate surface area is 150 Å². The molecule has 6 heteroatoms. The van der Waals surface area contributed by atoms with Crippen LogP contribution in [0.2, 0.25) is 0 Å². The van der Waals surface area contributed by atoms with E-state index in [4.69, 9.17) is 4.74 Å². The summed E-state index contributed by atoms with van der Waals surface area (Å²) in [4.78, 5) is 22.7. The fourth-order valence-corrected chi connectivity index (χ4v) is 3.54. The minimum atomic E-state index is 0.188. The van der Waals surface area contributed by atoms with Crippen LogP contribution < -0.4 is 4.74 Å². The van der Waals surface area contributed by atoms with Gasteiger partial charge in [0.25, 0.3) is 0 Å². The summed E-state index contributed by atoms with van der Waals surface area (Å²) in [5, 5.41) is 0. The van der Waals surface area contributed by atoms with Crippen LogP contribution in [0.1, 0.15) is 19.0 Å². The lowest BCUT2D eigenvalue weighted by molar-refractivity contribution is -0.130. The van der Waals surface area contributed by atoms with Crippen molar-refractivity contribution in [1.82, 2.24) is 19.7 Å². The van der Waals surface area contributed by atoms with Crippen molar-refractivity contribution in [2.45, 2.75) is 19.9 Å². The first-order valence-corrected chi connectivity index (χ1v) is 9.01. The Morgan fingerprint density at radius 1 is 1.16 bits per heavy atom. The smallest absolute Gasteiger partial charge is 0.219 e. The van der Waals surface area contributed by atoms with Crippen molar-refractivity contribution in [3.05, 3.63) is 35.7 Å². The van der Waals surface area contributed by atoms with Gasteiger partial charge in [0.05, 0.1) is 12.8 Å². The zero-order chi connectivity index (χ0) is 17.6. The Hall–Kier alpha value is -1.92. The number of pyridine rings is 1. The number of piperazine rings is 1. The Kier molecular flexibility index (Phi) is 6.04. The number of carbonyl (C=O) groups is 1. The molecule has 6 nitrogen and oxygen atoms in total. The van der Waals surface area contributed by atoms with Crippen LogP contribution in [0.25, 0.3) is 0 Å². The molecule has 25 heavy (non-hydrogen) atoms. The molecular weight excluding hydrogens is 316 g/mol. The molecule has 2 aliphatic rings. The van der Waals surface area contributed by atoms with Crippen LogP contribution in [0, 0.1) is 0 Å². The fraction of sp³-hybridized carbons (Fsp3) is 0.579. The number of hydrogen-bond acceptors (Lipinski definition) is 5. The van der Waals surface area contributed by atoms with Crippen molar-refractivity contribution >= 4 is 5.91 Å². The number of methoxy groups -OCH3 is 1. The third-order valence-corrected chi connectivity index (χ3v) is 4.96. The molecule has 2 aliphatic heterocycles. The highest BCUT2D eigenvalue weighted by Gasteiger charge is 2.21. The van der Waals surface area contributed by atoms with E-state index in [1.54, 1.807) is 14.0 Å². The molecule has 1 saturated heterocycles. The minimum absolute atomic E-state index is 0.188. The maximum atomic E-state index is 11.4. The molecule has 1 amide bonds. The molecule has 0 unspecified atom stereocenters. The highest BCUT2D eigenvalue weighted by Crippen LogP contribution is 2.17. The summed E-state index contributed by atoms with van der Waals surface area (Å²) in [6.45, 7) is 9.21. The average Bonchev–Trinajstić information content (AvgIpc) is 2.62. The largest absolute Gasteiger partial charge is 0.497 e. The summed E-state index contributed by atoms with van der Waals surface area (Å²) in [6.07, 6.45) is 5.28. The summed E-state index contributed by atoms with van der Waals surface area (Å²) >= 11 is 0. The summed E-state index contributed by atoms with van der Waals surface area (Å²) in [5.41, 5.74) is 2.53. The van der Waals surface area contributed by atoms with Crippen molar-refractivity contribution in [3.63, 3.8) is 0 Å². The van der Waals surface area contributed by atoms with Crippen LogP contribution in [0.5, 0.6) is 5.75 Å². The van der Waals surface area contributed by atoms with Gasteiger partial charge >= 0.3 is 0 Å². The summed E-state index contributed by atoms with van der Waals surface area (Å²) in [6, 6.07) is 3.89. The van der Waals surface area contributed by atoms with E-state index in [1.807, 2.05) is 23.2 Å². The molecule has 1 aromatic rings. The number of nitrogens with zero attached hydrogens (tertiary/aromatic N) is 4. The quantitative estimate of drug-likeness (QED) is 0.756. The van der Waals surface area contributed by atoms with E-state index in [0.717, 1.165) is 70.2 Å². The van der Waals surface area contributed by atoms with Gasteiger partial charge < -0.3 is 9.64 Å². The van der Waals surface area contributed by atoms with E-state index in [0.29, 0.717) is 0 Å². The van der Waals surface area contributed by atoms with E-state index in [9.17, 15) is 4.79 Å². The van der Waals surface area contributed by atoms with Crippen molar-refractivity contribution in [2.24, 2.45) is 0 Å².